The summed E-state index contributed by atoms with van der Waals surface area (Å²) in [6.07, 6.45) is 2.18. The average molecular weight is 451 g/mol. The van der Waals surface area contributed by atoms with E-state index < -0.39 is 11.6 Å². The Labute approximate surface area is 195 Å². The maximum absolute atomic E-state index is 13.4. The lowest BCUT2D eigenvalue weighted by atomic mass is 9.93. The van der Waals surface area contributed by atoms with Crippen LogP contribution in [0.5, 0.6) is 0 Å². The van der Waals surface area contributed by atoms with Gasteiger partial charge >= 0.3 is 5.97 Å². The molecule has 1 aliphatic rings. The van der Waals surface area contributed by atoms with Gasteiger partial charge in [-0.25, -0.2) is 9.78 Å². The number of pyridine rings is 1. The first kappa shape index (κ1) is 22.6. The van der Waals surface area contributed by atoms with Crippen molar-refractivity contribution in [1.82, 2.24) is 4.98 Å². The van der Waals surface area contributed by atoms with Crippen molar-refractivity contribution in [3.05, 3.63) is 58.7 Å². The molecule has 3 aromatic rings. The Kier molecular flexibility index (Phi) is 6.17. The van der Waals surface area contributed by atoms with Crippen LogP contribution in [0.2, 0.25) is 5.02 Å². The Morgan fingerprint density at radius 3 is 2.47 bits per heavy atom. The Morgan fingerprint density at radius 1 is 1.09 bits per heavy atom. The molecule has 2 heterocycles. The highest BCUT2D eigenvalue weighted by molar-refractivity contribution is 6.31. The fourth-order valence-corrected chi connectivity index (χ4v) is 4.46. The number of hydrogen-bond donors (Lipinski definition) is 0. The zero-order valence-corrected chi connectivity index (χ0v) is 20.3. The van der Waals surface area contributed by atoms with E-state index in [1.165, 1.54) is 5.56 Å². The summed E-state index contributed by atoms with van der Waals surface area (Å²) in [4.78, 5) is 20.5. The molecule has 1 aromatic heterocycles. The van der Waals surface area contributed by atoms with Crippen LogP contribution in [-0.2, 0) is 4.74 Å². The molecule has 0 atom stereocenters. The van der Waals surface area contributed by atoms with E-state index in [0.717, 1.165) is 53.6 Å². The lowest BCUT2D eigenvalue weighted by molar-refractivity contribution is 0.00642. The molecule has 168 valence electrons. The second-order valence-electron chi connectivity index (χ2n) is 9.82. The molecule has 5 heteroatoms. The minimum atomic E-state index is -0.603. The molecule has 0 spiro atoms. The molecule has 4 nitrogen and oxygen atoms in total. The summed E-state index contributed by atoms with van der Waals surface area (Å²) in [5.74, 6) is 0.00437. The van der Waals surface area contributed by atoms with Crippen LogP contribution in [0.15, 0.2) is 42.5 Å². The van der Waals surface area contributed by atoms with Crippen LogP contribution in [0.1, 0.15) is 69.4 Å². The maximum Gasteiger partial charge on any atom is 0.359 e. The van der Waals surface area contributed by atoms with E-state index in [1.807, 2.05) is 39.0 Å². The second kappa shape index (κ2) is 8.74. The van der Waals surface area contributed by atoms with E-state index in [4.69, 9.17) is 21.3 Å². The third-order valence-corrected chi connectivity index (χ3v) is 6.01. The van der Waals surface area contributed by atoms with E-state index in [1.54, 1.807) is 0 Å². The topological polar surface area (TPSA) is 42.4 Å². The highest BCUT2D eigenvalue weighted by atomic mass is 35.5. The van der Waals surface area contributed by atoms with Gasteiger partial charge in [0.2, 0.25) is 0 Å². The van der Waals surface area contributed by atoms with Crippen LogP contribution in [0, 0.1) is 0 Å². The summed E-state index contributed by atoms with van der Waals surface area (Å²) < 4.78 is 5.80. The van der Waals surface area contributed by atoms with Crippen molar-refractivity contribution >= 4 is 34.2 Å². The van der Waals surface area contributed by atoms with Crippen LogP contribution in [0.4, 0.5) is 5.69 Å². The zero-order chi connectivity index (χ0) is 23.0. The van der Waals surface area contributed by atoms with Gasteiger partial charge in [0, 0.05) is 29.1 Å². The molecule has 0 aliphatic carbocycles. The number of fused-ring (bicyclic) bond motifs is 1. The van der Waals surface area contributed by atoms with E-state index >= 15 is 0 Å². The van der Waals surface area contributed by atoms with Crippen molar-refractivity contribution in [3.63, 3.8) is 0 Å². The second-order valence-corrected chi connectivity index (χ2v) is 10.3. The van der Waals surface area contributed by atoms with Gasteiger partial charge in [0.1, 0.15) is 5.60 Å². The van der Waals surface area contributed by atoms with Crippen molar-refractivity contribution in [2.45, 2.75) is 59.0 Å². The van der Waals surface area contributed by atoms with Gasteiger partial charge in [0.05, 0.1) is 11.2 Å². The van der Waals surface area contributed by atoms with E-state index in [-0.39, 0.29) is 0 Å². The van der Waals surface area contributed by atoms with Gasteiger partial charge < -0.3 is 9.64 Å². The van der Waals surface area contributed by atoms with Crippen LogP contribution in [0.25, 0.3) is 22.0 Å². The number of anilines is 1. The number of nitrogens with zero attached hydrogens (tertiary/aromatic N) is 2. The Hall–Kier alpha value is -2.59. The molecule has 32 heavy (non-hydrogen) atoms. The summed E-state index contributed by atoms with van der Waals surface area (Å²) >= 11 is 6.43. The van der Waals surface area contributed by atoms with Crippen LogP contribution < -0.4 is 4.90 Å². The first-order valence-electron chi connectivity index (χ1n) is 11.4. The standard InChI is InChI=1S/C27H31ClN2O2/c1-17(2)18-9-8-10-19(15-18)23-21-16-20(28)11-12-22(21)29-24(26(31)32-27(3,4)5)25(23)30-13-6-7-14-30/h8-12,15-17H,6-7,13-14H2,1-5H3. The first-order chi connectivity index (χ1) is 15.1. The summed E-state index contributed by atoms with van der Waals surface area (Å²) in [6.45, 7) is 11.8. The molecule has 1 fully saturated rings. The summed E-state index contributed by atoms with van der Waals surface area (Å²) in [5, 5.41) is 1.60. The van der Waals surface area contributed by atoms with Gasteiger partial charge in [-0.05, 0) is 68.9 Å². The summed E-state index contributed by atoms with van der Waals surface area (Å²) in [7, 11) is 0. The van der Waals surface area contributed by atoms with Crippen molar-refractivity contribution in [2.24, 2.45) is 0 Å². The molecular weight excluding hydrogens is 420 g/mol. The molecule has 0 amide bonds. The molecule has 0 bridgehead atoms. The van der Waals surface area contributed by atoms with Gasteiger partial charge in [-0.15, -0.1) is 0 Å². The molecular formula is C27H31ClN2O2. The quantitative estimate of drug-likeness (QED) is 0.393. The van der Waals surface area contributed by atoms with Crippen molar-refractivity contribution < 1.29 is 9.53 Å². The molecule has 2 aromatic carbocycles. The number of aromatic nitrogens is 1. The lowest BCUT2D eigenvalue weighted by Crippen LogP contribution is -2.28. The van der Waals surface area contributed by atoms with Crippen LogP contribution in [-0.4, -0.2) is 29.6 Å². The SMILES string of the molecule is CC(C)c1cccc(-c2c(N3CCCC3)c(C(=O)OC(C)(C)C)nc3ccc(Cl)cc23)c1. The predicted octanol–water partition coefficient (Wildman–Crippen LogP) is 7.23. The summed E-state index contributed by atoms with van der Waals surface area (Å²) in [6, 6.07) is 14.2. The van der Waals surface area contributed by atoms with Crippen LogP contribution in [0.3, 0.4) is 0 Å². The number of hydrogen-bond acceptors (Lipinski definition) is 4. The minimum absolute atomic E-state index is 0.376. The molecule has 0 N–H and O–H groups in total. The molecule has 1 aliphatic heterocycles. The molecule has 1 saturated heterocycles. The Bertz CT molecular complexity index is 1160. The van der Waals surface area contributed by atoms with Gasteiger partial charge in [0.25, 0.3) is 0 Å². The number of esters is 1. The van der Waals surface area contributed by atoms with Crippen molar-refractivity contribution in [3.8, 4) is 11.1 Å². The Balaban J connectivity index is 2.06. The molecule has 4 rings (SSSR count). The van der Waals surface area contributed by atoms with Crippen LogP contribution >= 0.6 is 11.6 Å². The van der Waals surface area contributed by atoms with Gasteiger partial charge in [0.15, 0.2) is 5.69 Å². The monoisotopic (exact) mass is 450 g/mol. The van der Waals surface area contributed by atoms with E-state index in [2.05, 4.69) is 43.0 Å². The molecule has 0 unspecified atom stereocenters. The van der Waals surface area contributed by atoms with Gasteiger partial charge in [-0.1, -0.05) is 49.7 Å². The maximum atomic E-state index is 13.4. The third kappa shape index (κ3) is 4.61. The zero-order valence-electron chi connectivity index (χ0n) is 19.5. The van der Waals surface area contributed by atoms with Crippen molar-refractivity contribution in [2.75, 3.05) is 18.0 Å². The summed E-state index contributed by atoms with van der Waals surface area (Å²) in [5.41, 5.74) is 4.69. The fraction of sp³-hybridized carbons (Fsp3) is 0.407. The number of benzene rings is 2. The van der Waals surface area contributed by atoms with Crippen molar-refractivity contribution in [1.29, 1.82) is 0 Å². The smallest absolute Gasteiger partial charge is 0.359 e. The highest BCUT2D eigenvalue weighted by Gasteiger charge is 2.30. The van der Waals surface area contributed by atoms with Gasteiger partial charge in [-0.2, -0.15) is 0 Å². The number of halogens is 1. The number of carbonyl (C=O) groups excluding carboxylic acids is 1. The largest absolute Gasteiger partial charge is 0.455 e. The van der Waals surface area contributed by atoms with Gasteiger partial charge in [-0.3, -0.25) is 0 Å². The number of carbonyl (C=O) groups is 1. The van der Waals surface area contributed by atoms with E-state index in [0.29, 0.717) is 16.6 Å². The lowest BCUT2D eigenvalue weighted by Gasteiger charge is -2.27. The Morgan fingerprint density at radius 2 is 1.81 bits per heavy atom. The molecule has 0 radical (unpaired) electrons. The normalized spacial score (nSPS) is 14.4. The number of rotatable bonds is 4. The molecule has 0 saturated carbocycles. The third-order valence-electron chi connectivity index (χ3n) is 5.78. The average Bonchev–Trinajstić information content (AvgIpc) is 3.25. The number of ether oxygens (including phenoxy) is 1. The highest BCUT2D eigenvalue weighted by Crippen LogP contribution is 2.42. The minimum Gasteiger partial charge on any atom is -0.455 e. The van der Waals surface area contributed by atoms with E-state index in [9.17, 15) is 4.79 Å². The first-order valence-corrected chi connectivity index (χ1v) is 11.7. The predicted molar refractivity (Wildman–Crippen MR) is 133 cm³/mol. The fourth-order valence-electron chi connectivity index (χ4n) is 4.29.